The molecule has 0 aromatic carbocycles. The molecule has 0 spiro atoms. The second kappa shape index (κ2) is 6.82. The maximum atomic E-state index is 5.66. The zero-order valence-corrected chi connectivity index (χ0v) is 11.9. The van der Waals surface area contributed by atoms with Crippen LogP contribution in [0.25, 0.3) is 0 Å². The Bertz CT molecular complexity index is 354. The van der Waals surface area contributed by atoms with E-state index < -0.39 is 0 Å². The highest BCUT2D eigenvalue weighted by molar-refractivity contribution is 5.42. The van der Waals surface area contributed by atoms with Crippen molar-refractivity contribution in [2.45, 2.75) is 58.8 Å². The van der Waals surface area contributed by atoms with Gasteiger partial charge in [0.2, 0.25) is 0 Å². The van der Waals surface area contributed by atoms with Gasteiger partial charge < -0.3 is 4.74 Å². The molecule has 2 aliphatic carbocycles. The van der Waals surface area contributed by atoms with E-state index in [1.54, 1.807) is 5.57 Å². The molecule has 0 aliphatic heterocycles. The molecular formula is C17H26O. The molecule has 0 unspecified atom stereocenters. The fourth-order valence-electron chi connectivity index (χ4n) is 3.00. The third kappa shape index (κ3) is 3.51. The first-order valence-corrected chi connectivity index (χ1v) is 7.49. The molecule has 0 aromatic rings. The van der Waals surface area contributed by atoms with Gasteiger partial charge in [0, 0.05) is 0 Å². The molecule has 100 valence electrons. The van der Waals surface area contributed by atoms with Gasteiger partial charge in [0.15, 0.2) is 0 Å². The molecule has 0 aromatic heterocycles. The molecule has 0 bridgehead atoms. The molecule has 0 atom stereocenters. The number of rotatable bonds is 4. The Morgan fingerprint density at radius 3 is 2.72 bits per heavy atom. The van der Waals surface area contributed by atoms with E-state index in [0.29, 0.717) is 0 Å². The summed E-state index contributed by atoms with van der Waals surface area (Å²) < 4.78 is 5.66. The van der Waals surface area contributed by atoms with Gasteiger partial charge in [-0.3, -0.25) is 0 Å². The Labute approximate surface area is 112 Å². The van der Waals surface area contributed by atoms with Crippen LogP contribution in [-0.4, -0.2) is 6.61 Å². The summed E-state index contributed by atoms with van der Waals surface area (Å²) in [5.74, 6) is 0.777. The first kappa shape index (κ1) is 13.5. The van der Waals surface area contributed by atoms with E-state index >= 15 is 0 Å². The molecule has 0 amide bonds. The van der Waals surface area contributed by atoms with Gasteiger partial charge >= 0.3 is 0 Å². The molecule has 0 saturated heterocycles. The highest BCUT2D eigenvalue weighted by Crippen LogP contribution is 2.37. The summed E-state index contributed by atoms with van der Waals surface area (Å²) in [6.07, 6.45) is 15.8. The summed E-state index contributed by atoms with van der Waals surface area (Å²) >= 11 is 0. The topological polar surface area (TPSA) is 9.23 Å². The lowest BCUT2D eigenvalue weighted by atomic mass is 9.78. The van der Waals surface area contributed by atoms with Crippen LogP contribution in [0.3, 0.4) is 0 Å². The first-order valence-electron chi connectivity index (χ1n) is 7.49. The van der Waals surface area contributed by atoms with Gasteiger partial charge in [-0.25, -0.2) is 0 Å². The van der Waals surface area contributed by atoms with Crippen LogP contribution in [-0.2, 0) is 4.74 Å². The number of hydrogen-bond donors (Lipinski definition) is 0. The predicted octanol–water partition coefficient (Wildman–Crippen LogP) is 5.15. The van der Waals surface area contributed by atoms with Gasteiger partial charge in [0.1, 0.15) is 0 Å². The van der Waals surface area contributed by atoms with Gasteiger partial charge in [-0.05, 0) is 49.7 Å². The summed E-state index contributed by atoms with van der Waals surface area (Å²) in [5, 5.41) is 0. The fraction of sp³-hybridized carbons (Fsp3) is 0.647. The standard InChI is InChI=1S/C17H26O/c1-3-11-18-13-16-12-14(2)9-10-17(16)15-7-5-4-6-8-15/h9-10,13,15H,3-8,11-12H2,1-2H3/b16-13+. The van der Waals surface area contributed by atoms with E-state index in [9.17, 15) is 0 Å². The number of ether oxygens (including phenoxy) is 1. The lowest BCUT2D eigenvalue weighted by Crippen LogP contribution is -2.13. The zero-order chi connectivity index (χ0) is 12.8. The molecule has 1 heteroatoms. The quantitative estimate of drug-likeness (QED) is 0.492. The van der Waals surface area contributed by atoms with E-state index in [0.717, 1.165) is 25.4 Å². The fourth-order valence-corrected chi connectivity index (χ4v) is 3.00. The summed E-state index contributed by atoms with van der Waals surface area (Å²) in [4.78, 5) is 0. The number of allylic oxidation sites excluding steroid dienone is 5. The number of hydrogen-bond acceptors (Lipinski definition) is 1. The highest BCUT2D eigenvalue weighted by Gasteiger charge is 2.22. The maximum Gasteiger partial charge on any atom is 0.0870 e. The third-order valence-electron chi connectivity index (χ3n) is 3.98. The van der Waals surface area contributed by atoms with Gasteiger partial charge in [0.05, 0.1) is 12.9 Å². The van der Waals surface area contributed by atoms with Crippen molar-refractivity contribution in [3.8, 4) is 0 Å². The van der Waals surface area contributed by atoms with Crippen LogP contribution in [0.1, 0.15) is 58.8 Å². The van der Waals surface area contributed by atoms with Gasteiger partial charge in [-0.1, -0.05) is 43.9 Å². The normalized spacial score (nSPS) is 23.8. The average molecular weight is 246 g/mol. The Balaban J connectivity index is 2.09. The molecule has 2 aliphatic rings. The Morgan fingerprint density at radius 1 is 1.22 bits per heavy atom. The molecule has 0 radical (unpaired) electrons. The van der Waals surface area contributed by atoms with Crippen LogP contribution < -0.4 is 0 Å². The zero-order valence-electron chi connectivity index (χ0n) is 11.9. The molecule has 1 fully saturated rings. The van der Waals surface area contributed by atoms with Crippen molar-refractivity contribution in [1.82, 2.24) is 0 Å². The highest BCUT2D eigenvalue weighted by atomic mass is 16.5. The van der Waals surface area contributed by atoms with Crippen LogP contribution in [0, 0.1) is 5.92 Å². The predicted molar refractivity (Wildman–Crippen MR) is 77.4 cm³/mol. The Kier molecular flexibility index (Phi) is 5.10. The van der Waals surface area contributed by atoms with Crippen LogP contribution in [0.15, 0.2) is 35.1 Å². The van der Waals surface area contributed by atoms with Gasteiger partial charge in [-0.2, -0.15) is 0 Å². The maximum absolute atomic E-state index is 5.66. The van der Waals surface area contributed by atoms with Gasteiger partial charge in [0.25, 0.3) is 0 Å². The lowest BCUT2D eigenvalue weighted by molar-refractivity contribution is 0.246. The van der Waals surface area contributed by atoms with Crippen molar-refractivity contribution >= 4 is 0 Å². The van der Waals surface area contributed by atoms with E-state index in [1.165, 1.54) is 43.3 Å². The van der Waals surface area contributed by atoms with E-state index in [1.807, 2.05) is 6.26 Å². The van der Waals surface area contributed by atoms with Crippen molar-refractivity contribution < 1.29 is 4.74 Å². The van der Waals surface area contributed by atoms with Gasteiger partial charge in [-0.15, -0.1) is 0 Å². The Hall–Kier alpha value is -0.980. The minimum atomic E-state index is 0.777. The summed E-state index contributed by atoms with van der Waals surface area (Å²) in [6.45, 7) is 5.20. The monoisotopic (exact) mass is 246 g/mol. The lowest BCUT2D eigenvalue weighted by Gasteiger charge is -2.28. The summed E-state index contributed by atoms with van der Waals surface area (Å²) in [6, 6.07) is 0. The molecule has 0 N–H and O–H groups in total. The minimum Gasteiger partial charge on any atom is -0.501 e. The minimum absolute atomic E-state index is 0.777. The molecule has 2 rings (SSSR count). The van der Waals surface area contributed by atoms with Crippen LogP contribution in [0.4, 0.5) is 0 Å². The second-order valence-electron chi connectivity index (χ2n) is 5.66. The van der Waals surface area contributed by atoms with E-state index in [2.05, 4.69) is 26.0 Å². The van der Waals surface area contributed by atoms with Crippen molar-refractivity contribution in [2.75, 3.05) is 6.61 Å². The third-order valence-corrected chi connectivity index (χ3v) is 3.98. The van der Waals surface area contributed by atoms with Crippen molar-refractivity contribution in [1.29, 1.82) is 0 Å². The van der Waals surface area contributed by atoms with Crippen molar-refractivity contribution in [3.05, 3.63) is 35.1 Å². The first-order chi connectivity index (χ1) is 8.81. The largest absolute Gasteiger partial charge is 0.501 e. The van der Waals surface area contributed by atoms with E-state index in [-0.39, 0.29) is 0 Å². The molecule has 0 heterocycles. The molecule has 1 saturated carbocycles. The average Bonchev–Trinajstić information content (AvgIpc) is 2.40. The molecule has 18 heavy (non-hydrogen) atoms. The smallest absolute Gasteiger partial charge is 0.0870 e. The molecular weight excluding hydrogens is 220 g/mol. The van der Waals surface area contributed by atoms with Crippen molar-refractivity contribution in [2.24, 2.45) is 5.92 Å². The van der Waals surface area contributed by atoms with Crippen LogP contribution in [0.2, 0.25) is 0 Å². The summed E-state index contributed by atoms with van der Waals surface area (Å²) in [7, 11) is 0. The Morgan fingerprint density at radius 2 is 2.00 bits per heavy atom. The summed E-state index contributed by atoms with van der Waals surface area (Å²) in [5.41, 5.74) is 4.42. The van der Waals surface area contributed by atoms with Crippen LogP contribution >= 0.6 is 0 Å². The van der Waals surface area contributed by atoms with E-state index in [4.69, 9.17) is 4.74 Å². The second-order valence-corrected chi connectivity index (χ2v) is 5.66. The SMILES string of the molecule is CCCO/C=C1\CC(C)=CC=C1C1CCCCC1. The van der Waals surface area contributed by atoms with Crippen LogP contribution in [0.5, 0.6) is 0 Å². The van der Waals surface area contributed by atoms with Crippen molar-refractivity contribution in [3.63, 3.8) is 0 Å². The molecule has 1 nitrogen and oxygen atoms in total.